The molecule has 3 rings (SSSR count). The third-order valence-corrected chi connectivity index (χ3v) is 4.96. The Labute approximate surface area is 169 Å². The van der Waals surface area contributed by atoms with E-state index >= 15 is 0 Å². The maximum absolute atomic E-state index is 12.9. The number of carbonyl (C=O) groups is 1. The lowest BCUT2D eigenvalue weighted by atomic mass is 10.0. The van der Waals surface area contributed by atoms with Crippen LogP contribution in [-0.2, 0) is 0 Å². The van der Waals surface area contributed by atoms with Gasteiger partial charge in [-0.25, -0.2) is 0 Å². The van der Waals surface area contributed by atoms with Crippen molar-refractivity contribution in [2.45, 2.75) is 12.7 Å². The lowest BCUT2D eigenvalue weighted by Gasteiger charge is -2.20. The summed E-state index contributed by atoms with van der Waals surface area (Å²) in [4.78, 5) is 12.9. The topological polar surface area (TPSA) is 47.6 Å². The van der Waals surface area contributed by atoms with Crippen LogP contribution >= 0.6 is 22.9 Å². The molecule has 3 aromatic rings. The summed E-state index contributed by atoms with van der Waals surface area (Å²) in [5, 5.41) is 7.24. The fourth-order valence-electron chi connectivity index (χ4n) is 2.73. The molecule has 1 amide bonds. The number of carbonyl (C=O) groups excluding carboxylic acids is 1. The molecule has 4 nitrogen and oxygen atoms in total. The minimum atomic E-state index is -3.09. The first-order valence-corrected chi connectivity index (χ1v) is 9.52. The summed E-state index contributed by atoms with van der Waals surface area (Å²) < 4.78 is 35.3. The van der Waals surface area contributed by atoms with Gasteiger partial charge < -0.3 is 14.8 Å². The van der Waals surface area contributed by atoms with Gasteiger partial charge in [0.05, 0.1) is 18.7 Å². The van der Waals surface area contributed by atoms with Crippen LogP contribution in [0.15, 0.2) is 59.3 Å². The van der Waals surface area contributed by atoms with Crippen molar-refractivity contribution < 1.29 is 23.0 Å². The zero-order chi connectivity index (χ0) is 20.1. The predicted octanol–water partition coefficient (Wildman–Crippen LogP) is 5.53. The van der Waals surface area contributed by atoms with Crippen molar-refractivity contribution in [2.75, 3.05) is 7.11 Å². The molecule has 0 radical (unpaired) electrons. The molecule has 146 valence electrons. The molecule has 2 aromatic carbocycles. The van der Waals surface area contributed by atoms with Crippen LogP contribution in [0.25, 0.3) is 0 Å². The Kier molecular flexibility index (Phi) is 6.49. The summed E-state index contributed by atoms with van der Waals surface area (Å²) in [6.07, 6.45) is 0. The third-order valence-electron chi connectivity index (χ3n) is 4.01. The molecule has 1 heterocycles. The number of rotatable bonds is 7. The van der Waals surface area contributed by atoms with Crippen LogP contribution < -0.4 is 14.8 Å². The second kappa shape index (κ2) is 9.03. The number of halogens is 3. The van der Waals surface area contributed by atoms with E-state index in [0.717, 1.165) is 11.1 Å². The van der Waals surface area contributed by atoms with Gasteiger partial charge in [0.2, 0.25) is 0 Å². The molecule has 1 atom stereocenters. The van der Waals surface area contributed by atoms with Crippen molar-refractivity contribution in [3.05, 3.63) is 81.0 Å². The van der Waals surface area contributed by atoms with Gasteiger partial charge in [-0.3, -0.25) is 4.79 Å². The molecular formula is C20H16ClF2NO3S. The van der Waals surface area contributed by atoms with Crippen LogP contribution in [0, 0.1) is 0 Å². The van der Waals surface area contributed by atoms with Gasteiger partial charge in [0, 0.05) is 5.02 Å². The molecule has 1 unspecified atom stereocenters. The Bertz CT molecular complexity index is 933. The van der Waals surface area contributed by atoms with Crippen LogP contribution in [0.4, 0.5) is 8.78 Å². The summed E-state index contributed by atoms with van der Waals surface area (Å²) in [5.74, 6) is -0.829. The average Bonchev–Trinajstić information content (AvgIpc) is 3.21. The van der Waals surface area contributed by atoms with Crippen LogP contribution in [0.2, 0.25) is 5.02 Å². The quantitative estimate of drug-likeness (QED) is 0.543. The van der Waals surface area contributed by atoms with Gasteiger partial charge in [0.15, 0.2) is 11.5 Å². The highest BCUT2D eigenvalue weighted by molar-refractivity contribution is 7.08. The van der Waals surface area contributed by atoms with E-state index in [9.17, 15) is 13.6 Å². The summed E-state index contributed by atoms with van der Waals surface area (Å²) in [6, 6.07) is 12.8. The van der Waals surface area contributed by atoms with Crippen molar-refractivity contribution in [3.63, 3.8) is 0 Å². The number of methoxy groups -OCH3 is 1. The SMILES string of the molecule is COc1cccc(C(=O)NC(c2ccc(Cl)cc2)c2ccsc2)c1OC(F)F. The van der Waals surface area contributed by atoms with Crippen molar-refractivity contribution in [3.8, 4) is 11.5 Å². The van der Waals surface area contributed by atoms with E-state index in [-0.39, 0.29) is 17.1 Å². The summed E-state index contributed by atoms with van der Waals surface area (Å²) >= 11 is 7.44. The zero-order valence-electron chi connectivity index (χ0n) is 14.7. The van der Waals surface area contributed by atoms with Gasteiger partial charge in [0.1, 0.15) is 0 Å². The van der Waals surface area contributed by atoms with Crippen LogP contribution in [0.1, 0.15) is 27.5 Å². The molecule has 0 saturated heterocycles. The molecule has 0 aliphatic carbocycles. The average molecular weight is 424 g/mol. The van der Waals surface area contributed by atoms with Gasteiger partial charge in [0.25, 0.3) is 5.91 Å². The smallest absolute Gasteiger partial charge is 0.387 e. The predicted molar refractivity (Wildman–Crippen MR) is 105 cm³/mol. The van der Waals surface area contributed by atoms with Crippen molar-refractivity contribution in [2.24, 2.45) is 0 Å². The lowest BCUT2D eigenvalue weighted by molar-refractivity contribution is -0.0515. The molecule has 0 bridgehead atoms. The van der Waals surface area contributed by atoms with E-state index in [0.29, 0.717) is 5.02 Å². The minimum Gasteiger partial charge on any atom is -0.493 e. The number of benzene rings is 2. The normalized spacial score (nSPS) is 11.9. The highest BCUT2D eigenvalue weighted by Crippen LogP contribution is 2.33. The fraction of sp³-hybridized carbons (Fsp3) is 0.150. The zero-order valence-corrected chi connectivity index (χ0v) is 16.3. The second-order valence-electron chi connectivity index (χ2n) is 5.73. The first-order valence-electron chi connectivity index (χ1n) is 8.20. The second-order valence-corrected chi connectivity index (χ2v) is 6.95. The van der Waals surface area contributed by atoms with E-state index in [2.05, 4.69) is 10.1 Å². The Morgan fingerprint density at radius 2 is 1.86 bits per heavy atom. The van der Waals surface area contributed by atoms with Crippen molar-refractivity contribution in [1.29, 1.82) is 0 Å². The van der Waals surface area contributed by atoms with Gasteiger partial charge in [-0.2, -0.15) is 20.1 Å². The molecule has 0 fully saturated rings. The van der Waals surface area contributed by atoms with Gasteiger partial charge in [-0.05, 0) is 52.2 Å². The molecule has 0 saturated carbocycles. The molecule has 1 aromatic heterocycles. The summed E-state index contributed by atoms with van der Waals surface area (Å²) in [5.41, 5.74) is 1.61. The Morgan fingerprint density at radius 1 is 1.11 bits per heavy atom. The Balaban J connectivity index is 1.96. The molecule has 8 heteroatoms. The molecule has 28 heavy (non-hydrogen) atoms. The molecule has 1 N–H and O–H groups in total. The third kappa shape index (κ3) is 4.61. The van der Waals surface area contributed by atoms with Gasteiger partial charge in [-0.15, -0.1) is 0 Å². The van der Waals surface area contributed by atoms with Crippen molar-refractivity contribution >= 4 is 28.8 Å². The molecule has 0 aliphatic rings. The number of alkyl halides is 2. The summed E-state index contributed by atoms with van der Waals surface area (Å²) in [6.45, 7) is -3.09. The monoisotopic (exact) mass is 423 g/mol. The van der Waals surface area contributed by atoms with E-state index in [1.807, 2.05) is 16.8 Å². The number of amides is 1. The summed E-state index contributed by atoms with van der Waals surface area (Å²) in [7, 11) is 1.32. The lowest BCUT2D eigenvalue weighted by Crippen LogP contribution is -2.29. The van der Waals surface area contributed by atoms with E-state index in [4.69, 9.17) is 16.3 Å². The maximum atomic E-state index is 12.9. The Morgan fingerprint density at radius 3 is 2.46 bits per heavy atom. The van der Waals surface area contributed by atoms with Crippen LogP contribution in [0.5, 0.6) is 11.5 Å². The van der Waals surface area contributed by atoms with Crippen molar-refractivity contribution in [1.82, 2.24) is 5.32 Å². The first kappa shape index (κ1) is 20.1. The maximum Gasteiger partial charge on any atom is 0.387 e. The van der Waals surface area contributed by atoms with Gasteiger partial charge in [-0.1, -0.05) is 29.8 Å². The van der Waals surface area contributed by atoms with E-state index < -0.39 is 18.6 Å². The van der Waals surface area contributed by atoms with Crippen LogP contribution in [0.3, 0.4) is 0 Å². The molecule has 0 spiro atoms. The molecule has 0 aliphatic heterocycles. The standard InChI is InChI=1S/C20H16ClF2NO3S/c1-26-16-4-2-3-15(18(16)27-20(22)23)19(25)24-17(13-9-10-28-11-13)12-5-7-14(21)8-6-12/h2-11,17,20H,1H3,(H,24,25). The molecular weight excluding hydrogens is 408 g/mol. The number of para-hydroxylation sites is 1. The van der Waals surface area contributed by atoms with Crippen LogP contribution in [-0.4, -0.2) is 19.6 Å². The first-order chi connectivity index (χ1) is 13.5. The number of hydrogen-bond acceptors (Lipinski definition) is 4. The largest absolute Gasteiger partial charge is 0.493 e. The number of hydrogen-bond donors (Lipinski definition) is 1. The highest BCUT2D eigenvalue weighted by atomic mass is 35.5. The van der Waals surface area contributed by atoms with E-state index in [1.165, 1.54) is 36.6 Å². The highest BCUT2D eigenvalue weighted by Gasteiger charge is 2.24. The minimum absolute atomic E-state index is 0.0474. The number of ether oxygens (including phenoxy) is 2. The van der Waals surface area contributed by atoms with E-state index in [1.54, 1.807) is 24.3 Å². The van der Waals surface area contributed by atoms with Gasteiger partial charge >= 0.3 is 6.61 Å². The fourth-order valence-corrected chi connectivity index (χ4v) is 3.54. The number of nitrogens with one attached hydrogen (secondary N) is 1. The number of thiophene rings is 1. The Hall–Kier alpha value is -2.64.